The fourth-order valence-electron chi connectivity index (χ4n) is 2.54. The molecule has 28 heavy (non-hydrogen) atoms. The number of aromatic nitrogens is 2. The average molecular weight is 512 g/mol. The highest BCUT2D eigenvalue weighted by molar-refractivity contribution is 14.2. The van der Waals surface area contributed by atoms with Crippen molar-refractivity contribution >= 4 is 39.8 Å². The molecule has 4 N–H and O–H groups in total. The summed E-state index contributed by atoms with van der Waals surface area (Å²) in [6.45, 7) is 1.18. The van der Waals surface area contributed by atoms with Crippen LogP contribution in [0.15, 0.2) is 54.7 Å². The predicted octanol–water partition coefficient (Wildman–Crippen LogP) is 4.90. The summed E-state index contributed by atoms with van der Waals surface area (Å²) in [5.41, 5.74) is 14.7. The van der Waals surface area contributed by atoms with Crippen LogP contribution in [0.3, 0.4) is 0 Å². The van der Waals surface area contributed by atoms with Crippen LogP contribution in [-0.2, 0) is 11.5 Å². The maximum atomic E-state index is 5.85. The fraction of sp³-hybridized carbons (Fsp3) is 0.250. The summed E-state index contributed by atoms with van der Waals surface area (Å²) >= 11 is 2.52. The maximum absolute atomic E-state index is 5.85. The number of nitrogens with two attached hydrogens (primary N) is 2. The smallest absolute Gasteiger partial charge is 0.140 e. The van der Waals surface area contributed by atoms with Crippen molar-refractivity contribution in [2.75, 3.05) is 36.3 Å². The molecule has 2 aromatic carbocycles. The third-order valence-electron chi connectivity index (χ3n) is 4.09. The zero-order chi connectivity index (χ0) is 20.1. The van der Waals surface area contributed by atoms with E-state index in [-0.39, 0.29) is 0 Å². The van der Waals surface area contributed by atoms with E-state index in [1.807, 2.05) is 35.0 Å². The summed E-state index contributed by atoms with van der Waals surface area (Å²) in [5, 5.41) is 4.37. The minimum atomic E-state index is -0.577. The van der Waals surface area contributed by atoms with Gasteiger partial charge in [-0.2, -0.15) is 12.3 Å². The van der Waals surface area contributed by atoms with Crippen LogP contribution in [0.25, 0.3) is 11.3 Å². The first-order valence-electron chi connectivity index (χ1n) is 8.75. The first-order chi connectivity index (χ1) is 13.3. The molecule has 0 amide bonds. The fourth-order valence-corrected chi connectivity index (χ4v) is 3.59. The molecule has 3 rings (SSSR count). The number of anilines is 2. The molecule has 0 aliphatic carbocycles. The highest BCUT2D eigenvalue weighted by Gasteiger charge is 2.09. The highest BCUT2D eigenvalue weighted by atomic mass is 127. The summed E-state index contributed by atoms with van der Waals surface area (Å²) in [4.78, 5) is 0. The predicted molar refractivity (Wildman–Crippen MR) is 127 cm³/mol. The summed E-state index contributed by atoms with van der Waals surface area (Å²) in [6, 6.07) is 15.1. The second-order valence-electron chi connectivity index (χ2n) is 6.78. The van der Waals surface area contributed by atoms with Crippen LogP contribution >= 0.6 is 28.4 Å². The Hall–Kier alpha value is -1.91. The van der Waals surface area contributed by atoms with E-state index >= 15 is 0 Å². The van der Waals surface area contributed by atoms with Gasteiger partial charge < -0.3 is 20.9 Å². The largest absolute Gasteiger partial charge is 0.457 e. The van der Waals surface area contributed by atoms with Crippen LogP contribution in [0.1, 0.15) is 0 Å². The second-order valence-corrected chi connectivity index (χ2v) is 17.1. The first-order valence-corrected chi connectivity index (χ1v) is 13.9. The van der Waals surface area contributed by atoms with Gasteiger partial charge in [0.1, 0.15) is 18.2 Å². The lowest BCUT2D eigenvalue weighted by Crippen LogP contribution is -2.10. The topological polar surface area (TPSA) is 88.3 Å². The van der Waals surface area contributed by atoms with Crippen LogP contribution in [0, 0.1) is 0 Å². The zero-order valence-corrected chi connectivity index (χ0v) is 18.9. The van der Waals surface area contributed by atoms with Gasteiger partial charge in [0, 0.05) is 23.6 Å². The van der Waals surface area contributed by atoms with Crippen LogP contribution in [0.4, 0.5) is 11.4 Å². The van der Waals surface area contributed by atoms with Crippen molar-refractivity contribution in [2.45, 2.75) is 6.73 Å². The number of hydrogen-bond donors (Lipinski definition) is 2. The van der Waals surface area contributed by atoms with E-state index in [2.05, 4.69) is 38.8 Å². The number of halogens is 1. The van der Waals surface area contributed by atoms with Crippen molar-refractivity contribution < 1.29 is 9.47 Å². The van der Waals surface area contributed by atoms with Crippen molar-refractivity contribution in [1.29, 1.82) is 0 Å². The number of benzene rings is 2. The van der Waals surface area contributed by atoms with Crippen LogP contribution in [0.5, 0.6) is 11.5 Å². The lowest BCUT2D eigenvalue weighted by molar-refractivity contribution is 0.0823. The normalized spacial score (nSPS) is 12.1. The van der Waals surface area contributed by atoms with E-state index in [1.54, 1.807) is 24.4 Å². The van der Waals surface area contributed by atoms with Gasteiger partial charge in [-0.15, -0.1) is 0 Å². The van der Waals surface area contributed by atoms with Crippen LogP contribution in [-0.4, -0.2) is 34.7 Å². The number of rotatable bonds is 8. The Labute approximate surface area is 179 Å². The molecular formula is C20H25IN4O2S. The van der Waals surface area contributed by atoms with Crippen molar-refractivity contribution in [3.8, 4) is 22.8 Å². The van der Waals surface area contributed by atoms with Crippen molar-refractivity contribution in [1.82, 2.24) is 9.78 Å². The molecule has 0 aliphatic rings. The molecule has 0 radical (unpaired) electrons. The van der Waals surface area contributed by atoms with Gasteiger partial charge in [-0.1, -0.05) is 0 Å². The Kier molecular flexibility index (Phi) is 6.73. The van der Waals surface area contributed by atoms with Gasteiger partial charge in [0.05, 0.1) is 23.7 Å². The van der Waals surface area contributed by atoms with E-state index in [0.717, 1.165) is 29.4 Å². The standard InChI is InChI=1S/C20H25IN4O2S/c1-28(2,21)12-11-26-14-25-20(9-10-24-25)15-3-5-16(6-4-15)27-17-7-8-18(22)19(23)13-17/h3-10,13H,11-12,14,22-23H2,1-2H3. The molecule has 0 fully saturated rings. The van der Waals surface area contributed by atoms with Crippen molar-refractivity contribution in [3.05, 3.63) is 54.7 Å². The maximum Gasteiger partial charge on any atom is 0.140 e. The molecule has 8 heteroatoms. The average Bonchev–Trinajstić information content (AvgIpc) is 3.10. The van der Waals surface area contributed by atoms with E-state index in [1.165, 1.54) is 0 Å². The minimum Gasteiger partial charge on any atom is -0.457 e. The lowest BCUT2D eigenvalue weighted by atomic mass is 10.1. The Morgan fingerprint density at radius 2 is 1.71 bits per heavy atom. The lowest BCUT2D eigenvalue weighted by Gasteiger charge is -2.22. The van der Waals surface area contributed by atoms with Gasteiger partial charge in [-0.25, -0.2) is 4.68 Å². The number of nitrogens with zero attached hydrogens (tertiary/aromatic N) is 2. The van der Waals surface area contributed by atoms with Gasteiger partial charge in [0.25, 0.3) is 0 Å². The molecule has 0 saturated heterocycles. The number of hydrogen-bond acceptors (Lipinski definition) is 5. The van der Waals surface area contributed by atoms with E-state index in [0.29, 0.717) is 23.9 Å². The van der Waals surface area contributed by atoms with E-state index in [4.69, 9.17) is 20.9 Å². The van der Waals surface area contributed by atoms with Gasteiger partial charge in [0.2, 0.25) is 0 Å². The van der Waals surface area contributed by atoms with E-state index < -0.39 is 7.20 Å². The molecule has 0 aliphatic heterocycles. The van der Waals surface area contributed by atoms with Gasteiger partial charge in [0.15, 0.2) is 0 Å². The van der Waals surface area contributed by atoms with Gasteiger partial charge >= 0.3 is 0 Å². The highest BCUT2D eigenvalue weighted by Crippen LogP contribution is 2.48. The molecule has 0 atom stereocenters. The quantitative estimate of drug-likeness (QED) is 0.255. The molecule has 3 aromatic rings. The third kappa shape index (κ3) is 5.79. The molecule has 150 valence electrons. The molecule has 0 spiro atoms. The Balaban J connectivity index is 1.64. The summed E-state index contributed by atoms with van der Waals surface area (Å²) < 4.78 is 13.5. The summed E-state index contributed by atoms with van der Waals surface area (Å²) in [6.07, 6.45) is 6.34. The van der Waals surface area contributed by atoms with Crippen LogP contribution in [0.2, 0.25) is 0 Å². The first kappa shape index (κ1) is 20.8. The molecule has 0 saturated carbocycles. The number of nitrogen functional groups attached to an aromatic ring is 2. The Morgan fingerprint density at radius 1 is 1.00 bits per heavy atom. The summed E-state index contributed by atoms with van der Waals surface area (Å²) in [7, 11) is -0.577. The van der Waals surface area contributed by atoms with E-state index in [9.17, 15) is 0 Å². The molecule has 6 nitrogen and oxygen atoms in total. The van der Waals surface area contributed by atoms with Crippen molar-refractivity contribution in [3.63, 3.8) is 0 Å². The second kappa shape index (κ2) is 9.06. The zero-order valence-electron chi connectivity index (χ0n) is 16.0. The Bertz CT molecular complexity index is 923. The monoisotopic (exact) mass is 512 g/mol. The number of ether oxygens (including phenoxy) is 2. The molecule has 1 aromatic heterocycles. The van der Waals surface area contributed by atoms with Crippen molar-refractivity contribution in [2.24, 2.45) is 0 Å². The van der Waals surface area contributed by atoms with Gasteiger partial charge in [-0.3, -0.25) is 0 Å². The van der Waals surface area contributed by atoms with Gasteiger partial charge in [-0.05, 0) is 76.2 Å². The minimum absolute atomic E-state index is 0.442. The third-order valence-corrected chi connectivity index (χ3v) is 6.55. The molecule has 0 unspecified atom stereocenters. The summed E-state index contributed by atoms with van der Waals surface area (Å²) in [5.74, 6) is 2.45. The molecule has 1 heterocycles. The molecular weight excluding hydrogens is 487 g/mol. The Morgan fingerprint density at radius 3 is 2.39 bits per heavy atom. The molecule has 0 bridgehead atoms. The SMILES string of the molecule is CS(C)(I)CCOCn1nccc1-c1ccc(Oc2ccc(N)c(N)c2)cc1. The van der Waals surface area contributed by atoms with Crippen LogP contribution < -0.4 is 16.2 Å².